The lowest BCUT2D eigenvalue weighted by atomic mass is 10.2. The van der Waals surface area contributed by atoms with Gasteiger partial charge in [-0.15, -0.1) is 16.4 Å². The second kappa shape index (κ2) is 5.53. The molecule has 1 aromatic carbocycles. The molecule has 0 saturated heterocycles. The van der Waals surface area contributed by atoms with Gasteiger partial charge in [-0.05, 0) is 11.4 Å². The zero-order chi connectivity index (χ0) is 14.8. The molecule has 22 heavy (non-hydrogen) atoms. The Balaban J connectivity index is 1.54. The number of benzene rings is 1. The van der Waals surface area contributed by atoms with Gasteiger partial charge < -0.3 is 4.52 Å². The summed E-state index contributed by atoms with van der Waals surface area (Å²) in [4.78, 5) is 5.36. The third-order valence-corrected chi connectivity index (χ3v) is 3.98. The minimum absolute atomic E-state index is 0.401. The van der Waals surface area contributed by atoms with E-state index in [-0.39, 0.29) is 0 Å². The van der Waals surface area contributed by atoms with Gasteiger partial charge in [0, 0.05) is 5.56 Å². The smallest absolute Gasteiger partial charge is 0.248 e. The van der Waals surface area contributed by atoms with Crippen LogP contribution in [0.4, 0.5) is 0 Å². The molecule has 108 valence electrons. The van der Waals surface area contributed by atoms with Crippen molar-refractivity contribution in [3.63, 3.8) is 0 Å². The van der Waals surface area contributed by atoms with E-state index in [1.54, 1.807) is 16.0 Å². The number of hydrogen-bond donors (Lipinski definition) is 0. The van der Waals surface area contributed by atoms with Crippen molar-refractivity contribution in [2.45, 2.75) is 6.54 Å². The Morgan fingerprint density at radius 1 is 1.09 bits per heavy atom. The van der Waals surface area contributed by atoms with Crippen molar-refractivity contribution in [1.29, 1.82) is 0 Å². The molecule has 7 heteroatoms. The molecule has 0 atom stereocenters. The van der Waals surface area contributed by atoms with E-state index in [1.807, 2.05) is 54.0 Å². The summed E-state index contributed by atoms with van der Waals surface area (Å²) in [7, 11) is 0. The van der Waals surface area contributed by atoms with Crippen LogP contribution in [0.2, 0.25) is 0 Å². The first-order valence-corrected chi connectivity index (χ1v) is 7.58. The minimum atomic E-state index is 0.401. The lowest BCUT2D eigenvalue weighted by molar-refractivity contribution is 0.364. The predicted octanol–water partition coefficient (Wildman–Crippen LogP) is 3.10. The van der Waals surface area contributed by atoms with Crippen LogP contribution in [0.5, 0.6) is 0 Å². The van der Waals surface area contributed by atoms with Gasteiger partial charge in [-0.1, -0.05) is 46.8 Å². The van der Waals surface area contributed by atoms with E-state index in [9.17, 15) is 0 Å². The second-order valence-corrected chi connectivity index (χ2v) is 5.60. The van der Waals surface area contributed by atoms with E-state index in [0.717, 1.165) is 16.1 Å². The Hall–Kier alpha value is -2.80. The second-order valence-electron chi connectivity index (χ2n) is 4.66. The molecule has 0 aliphatic carbocycles. The summed E-state index contributed by atoms with van der Waals surface area (Å²) in [6, 6.07) is 13.8. The zero-order valence-electron chi connectivity index (χ0n) is 11.5. The Kier molecular flexibility index (Phi) is 3.24. The third-order valence-electron chi connectivity index (χ3n) is 3.12. The Morgan fingerprint density at radius 2 is 2.00 bits per heavy atom. The number of hydrogen-bond acceptors (Lipinski definition) is 6. The van der Waals surface area contributed by atoms with Crippen molar-refractivity contribution in [2.75, 3.05) is 0 Å². The number of rotatable bonds is 4. The summed E-state index contributed by atoms with van der Waals surface area (Å²) in [6.45, 7) is 0.401. The topological polar surface area (TPSA) is 69.6 Å². The first-order chi connectivity index (χ1) is 10.9. The largest absolute Gasteiger partial charge is 0.337 e. The van der Waals surface area contributed by atoms with Gasteiger partial charge in [0.2, 0.25) is 11.7 Å². The van der Waals surface area contributed by atoms with Crippen LogP contribution in [0, 0.1) is 0 Å². The lowest BCUT2D eigenvalue weighted by Gasteiger charge is -1.93. The molecule has 0 amide bonds. The van der Waals surface area contributed by atoms with Gasteiger partial charge in [-0.2, -0.15) is 4.98 Å². The quantitative estimate of drug-likeness (QED) is 0.579. The third kappa shape index (κ3) is 2.53. The van der Waals surface area contributed by atoms with Crippen molar-refractivity contribution in [3.8, 4) is 22.0 Å². The monoisotopic (exact) mass is 309 g/mol. The Bertz CT molecular complexity index is 866. The molecule has 0 spiro atoms. The standard InChI is InChI=1S/C15H11N5OS/c1-2-5-11(6-3-1)12-9-20(19-17-12)10-14-16-15(18-21-14)13-7-4-8-22-13/h1-9H,10H2. The SMILES string of the molecule is c1ccc(-c2cn(Cc3nc(-c4cccs4)no3)nn2)cc1. The molecule has 6 nitrogen and oxygen atoms in total. The molecule has 3 aromatic heterocycles. The van der Waals surface area contributed by atoms with Crippen LogP contribution in [0.25, 0.3) is 22.0 Å². The zero-order valence-corrected chi connectivity index (χ0v) is 12.3. The number of nitrogens with zero attached hydrogens (tertiary/aromatic N) is 5. The van der Waals surface area contributed by atoms with Crippen molar-refractivity contribution < 1.29 is 4.52 Å². The molecule has 0 saturated carbocycles. The average Bonchev–Trinajstić information content (AvgIpc) is 3.30. The fraction of sp³-hybridized carbons (Fsp3) is 0.0667. The molecule has 4 rings (SSSR count). The first kappa shape index (κ1) is 12.9. The van der Waals surface area contributed by atoms with Crippen molar-refractivity contribution in [1.82, 2.24) is 25.1 Å². The van der Waals surface area contributed by atoms with Crippen LogP contribution in [-0.4, -0.2) is 25.1 Å². The highest BCUT2D eigenvalue weighted by Gasteiger charge is 2.11. The van der Waals surface area contributed by atoms with Gasteiger partial charge >= 0.3 is 0 Å². The highest BCUT2D eigenvalue weighted by molar-refractivity contribution is 7.13. The Labute approximate surface area is 130 Å². The Morgan fingerprint density at radius 3 is 2.82 bits per heavy atom. The van der Waals surface area contributed by atoms with E-state index in [0.29, 0.717) is 18.3 Å². The fourth-order valence-corrected chi connectivity index (χ4v) is 2.73. The lowest BCUT2D eigenvalue weighted by Crippen LogP contribution is -2.00. The molecular weight excluding hydrogens is 298 g/mol. The highest BCUT2D eigenvalue weighted by Crippen LogP contribution is 2.21. The molecule has 0 fully saturated rings. The van der Waals surface area contributed by atoms with E-state index < -0.39 is 0 Å². The van der Waals surface area contributed by atoms with Gasteiger partial charge in [-0.25, -0.2) is 4.68 Å². The van der Waals surface area contributed by atoms with Crippen LogP contribution < -0.4 is 0 Å². The van der Waals surface area contributed by atoms with Gasteiger partial charge in [0.15, 0.2) is 0 Å². The van der Waals surface area contributed by atoms with E-state index in [4.69, 9.17) is 4.52 Å². The summed E-state index contributed by atoms with van der Waals surface area (Å²) in [5.41, 5.74) is 1.84. The summed E-state index contributed by atoms with van der Waals surface area (Å²) in [5, 5.41) is 14.2. The molecular formula is C15H11N5OS. The van der Waals surface area contributed by atoms with Gasteiger partial charge in [0.05, 0.1) is 11.1 Å². The summed E-state index contributed by atoms with van der Waals surface area (Å²) in [6.07, 6.45) is 1.87. The van der Waals surface area contributed by atoms with Gasteiger partial charge in [0.1, 0.15) is 12.2 Å². The molecule has 0 radical (unpaired) electrons. The van der Waals surface area contributed by atoms with E-state index in [2.05, 4.69) is 20.5 Å². The van der Waals surface area contributed by atoms with Gasteiger partial charge in [-0.3, -0.25) is 0 Å². The molecule has 4 aromatic rings. The first-order valence-electron chi connectivity index (χ1n) is 6.70. The molecule has 0 aliphatic heterocycles. The van der Waals surface area contributed by atoms with Crippen LogP contribution in [0.1, 0.15) is 5.89 Å². The highest BCUT2D eigenvalue weighted by atomic mass is 32.1. The van der Waals surface area contributed by atoms with Crippen LogP contribution in [0.3, 0.4) is 0 Å². The summed E-state index contributed by atoms with van der Waals surface area (Å²) < 4.78 is 6.95. The summed E-state index contributed by atoms with van der Waals surface area (Å²) >= 11 is 1.58. The van der Waals surface area contributed by atoms with E-state index in [1.165, 1.54) is 0 Å². The van der Waals surface area contributed by atoms with Crippen LogP contribution in [0.15, 0.2) is 58.6 Å². The predicted molar refractivity (Wildman–Crippen MR) is 82.2 cm³/mol. The average molecular weight is 309 g/mol. The van der Waals surface area contributed by atoms with Crippen LogP contribution in [-0.2, 0) is 6.54 Å². The molecule has 0 bridgehead atoms. The van der Waals surface area contributed by atoms with Crippen molar-refractivity contribution in [3.05, 3.63) is 59.9 Å². The van der Waals surface area contributed by atoms with Gasteiger partial charge in [0.25, 0.3) is 0 Å². The number of thiophene rings is 1. The normalized spacial score (nSPS) is 10.9. The van der Waals surface area contributed by atoms with Crippen molar-refractivity contribution >= 4 is 11.3 Å². The maximum absolute atomic E-state index is 5.26. The molecule has 0 aliphatic rings. The molecule has 3 heterocycles. The van der Waals surface area contributed by atoms with E-state index >= 15 is 0 Å². The molecule has 0 unspecified atom stereocenters. The fourth-order valence-electron chi connectivity index (χ4n) is 2.08. The van der Waals surface area contributed by atoms with Crippen molar-refractivity contribution in [2.24, 2.45) is 0 Å². The summed E-state index contributed by atoms with van der Waals surface area (Å²) in [5.74, 6) is 1.11. The maximum atomic E-state index is 5.26. The number of aromatic nitrogens is 5. The molecule has 0 N–H and O–H groups in total. The maximum Gasteiger partial charge on any atom is 0.248 e. The van der Waals surface area contributed by atoms with Crippen LogP contribution >= 0.6 is 11.3 Å². The minimum Gasteiger partial charge on any atom is -0.337 e.